The number of carbonyl (C=O) groups excluding carboxylic acids is 1. The Labute approximate surface area is 248 Å². The molecule has 1 heterocycles. The summed E-state index contributed by atoms with van der Waals surface area (Å²) in [4.78, 5) is 28.2. The van der Waals surface area contributed by atoms with Crippen LogP contribution in [0.4, 0.5) is 11.4 Å². The summed E-state index contributed by atoms with van der Waals surface area (Å²) in [6.07, 6.45) is 4.49. The fourth-order valence-corrected chi connectivity index (χ4v) is 6.01. The van der Waals surface area contributed by atoms with Gasteiger partial charge in [-0.3, -0.25) is 14.4 Å². The van der Waals surface area contributed by atoms with Crippen molar-refractivity contribution >= 4 is 27.3 Å². The summed E-state index contributed by atoms with van der Waals surface area (Å²) >= 11 is 0. The Kier molecular flexibility index (Phi) is 10.1. The fourth-order valence-electron chi connectivity index (χ4n) is 5.46. The summed E-state index contributed by atoms with van der Waals surface area (Å²) in [5.74, 6) is 0.286. The number of nitroso groups, excluding NO2 is 1. The molecule has 4 rings (SSSR count). The second-order valence-electron chi connectivity index (χ2n) is 11.8. The summed E-state index contributed by atoms with van der Waals surface area (Å²) in [5, 5.41) is 6.05. The number of morpholine rings is 1. The lowest BCUT2D eigenvalue weighted by Crippen LogP contribution is -2.38. The van der Waals surface area contributed by atoms with Gasteiger partial charge < -0.3 is 19.5 Å². The van der Waals surface area contributed by atoms with E-state index in [0.717, 1.165) is 87.2 Å². The molecule has 1 fully saturated rings. The number of nitrogens with zero attached hydrogens (tertiary/aromatic N) is 2. The highest BCUT2D eigenvalue weighted by atomic mass is 32.2. The van der Waals surface area contributed by atoms with Crippen molar-refractivity contribution in [1.82, 2.24) is 4.90 Å². The van der Waals surface area contributed by atoms with Crippen LogP contribution in [-0.2, 0) is 37.8 Å². The molecule has 2 N–H and O–H groups in total. The van der Waals surface area contributed by atoms with Crippen LogP contribution in [0.5, 0.6) is 11.5 Å². The van der Waals surface area contributed by atoms with Gasteiger partial charge in [0.05, 0.1) is 38.0 Å². The second kappa shape index (κ2) is 13.4. The number of carbonyl (C=O) groups is 1. The fraction of sp³-hybridized carbons (Fsp3) is 0.567. The summed E-state index contributed by atoms with van der Waals surface area (Å²) < 4.78 is 43.8. The molecular formula is C30H42N4O7S. The maximum Gasteiger partial charge on any atom is 0.257 e. The predicted molar refractivity (Wildman–Crippen MR) is 163 cm³/mol. The highest BCUT2D eigenvalue weighted by Crippen LogP contribution is 2.41. The van der Waals surface area contributed by atoms with Gasteiger partial charge >= 0.3 is 0 Å². The minimum absolute atomic E-state index is 0.137. The minimum Gasteiger partial charge on any atom is -0.492 e. The molecule has 12 heteroatoms. The molecule has 0 spiro atoms. The lowest BCUT2D eigenvalue weighted by molar-refractivity contribution is -0.117. The van der Waals surface area contributed by atoms with E-state index in [1.165, 1.54) is 7.11 Å². The zero-order valence-corrected chi connectivity index (χ0v) is 25.9. The molecule has 1 aliphatic heterocycles. The molecule has 42 heavy (non-hydrogen) atoms. The first-order chi connectivity index (χ1) is 19.9. The number of hydrogen-bond donors (Lipinski definition) is 2. The third kappa shape index (κ3) is 7.78. The maximum absolute atomic E-state index is 13.6. The minimum atomic E-state index is -3.64. The molecule has 1 amide bonds. The van der Waals surface area contributed by atoms with E-state index >= 15 is 0 Å². The van der Waals surface area contributed by atoms with Crippen LogP contribution in [0.2, 0.25) is 0 Å². The van der Waals surface area contributed by atoms with Crippen molar-refractivity contribution < 1.29 is 27.4 Å². The predicted octanol–water partition coefficient (Wildman–Crippen LogP) is 4.40. The van der Waals surface area contributed by atoms with E-state index in [1.54, 1.807) is 18.2 Å². The lowest BCUT2D eigenvalue weighted by atomic mass is 9.85. The normalized spacial score (nSPS) is 16.7. The quantitative estimate of drug-likeness (QED) is 0.362. The van der Waals surface area contributed by atoms with Crippen molar-refractivity contribution in [2.75, 3.05) is 62.9 Å². The molecule has 1 aliphatic carbocycles. The number of anilines is 2. The van der Waals surface area contributed by atoms with Gasteiger partial charge in [0.15, 0.2) is 11.8 Å². The van der Waals surface area contributed by atoms with E-state index in [4.69, 9.17) is 14.2 Å². The number of nitrogens with one attached hydrogen (secondary N) is 2. The van der Waals surface area contributed by atoms with Crippen LogP contribution >= 0.6 is 0 Å². The Hall–Kier alpha value is -3.22. The molecular weight excluding hydrogens is 560 g/mol. The van der Waals surface area contributed by atoms with E-state index in [-0.39, 0.29) is 22.5 Å². The van der Waals surface area contributed by atoms with Gasteiger partial charge in [0.1, 0.15) is 12.4 Å². The van der Waals surface area contributed by atoms with E-state index in [9.17, 15) is 18.1 Å². The maximum atomic E-state index is 13.6. The van der Waals surface area contributed by atoms with Crippen LogP contribution < -0.4 is 19.5 Å². The van der Waals surface area contributed by atoms with Gasteiger partial charge in [-0.25, -0.2) is 8.42 Å². The molecule has 1 unspecified atom stereocenters. The first kappa shape index (κ1) is 31.7. The van der Waals surface area contributed by atoms with Gasteiger partial charge in [-0.15, -0.1) is 4.91 Å². The Morgan fingerprint density at radius 2 is 1.76 bits per heavy atom. The molecule has 1 saturated heterocycles. The molecule has 0 aromatic heterocycles. The average molecular weight is 603 g/mol. The van der Waals surface area contributed by atoms with Crippen LogP contribution in [0, 0.1) is 4.91 Å². The average Bonchev–Trinajstić information content (AvgIpc) is 2.93. The Balaban J connectivity index is 1.62. The Bertz CT molecular complexity index is 1400. The zero-order chi connectivity index (χ0) is 30.5. The second-order valence-corrected chi connectivity index (χ2v) is 13.6. The summed E-state index contributed by atoms with van der Waals surface area (Å²) in [6.45, 7) is 10.5. The van der Waals surface area contributed by atoms with Crippen LogP contribution in [0.3, 0.4) is 0 Å². The summed E-state index contributed by atoms with van der Waals surface area (Å²) in [7, 11) is -2.25. The van der Waals surface area contributed by atoms with E-state index in [1.807, 2.05) is 26.8 Å². The number of benzene rings is 2. The molecule has 0 bridgehead atoms. The van der Waals surface area contributed by atoms with Gasteiger partial charge in [0.25, 0.3) is 5.91 Å². The number of fused-ring (bicyclic) bond motifs is 1. The molecule has 2 aromatic carbocycles. The van der Waals surface area contributed by atoms with E-state index in [2.05, 4.69) is 20.1 Å². The SMILES string of the molecule is COc1c(NC(=O)C(N=O)c2ccc(OCCN3CCOCC3)c3c2CCCC3)cc(C(C)(C)C)cc1NS(C)(=O)=O. The molecule has 2 aromatic rings. The third-order valence-corrected chi connectivity index (χ3v) is 8.25. The van der Waals surface area contributed by atoms with Gasteiger partial charge in [-0.05, 0) is 71.6 Å². The van der Waals surface area contributed by atoms with Crippen LogP contribution in [0.25, 0.3) is 0 Å². The zero-order valence-electron chi connectivity index (χ0n) is 25.1. The van der Waals surface area contributed by atoms with Crippen LogP contribution in [0.15, 0.2) is 29.4 Å². The van der Waals surface area contributed by atoms with E-state index < -0.39 is 22.0 Å². The van der Waals surface area contributed by atoms with Gasteiger partial charge in [-0.1, -0.05) is 32.0 Å². The number of rotatable bonds is 11. The van der Waals surface area contributed by atoms with Crippen molar-refractivity contribution in [2.45, 2.75) is 57.9 Å². The van der Waals surface area contributed by atoms with Crippen molar-refractivity contribution in [3.63, 3.8) is 0 Å². The first-order valence-corrected chi connectivity index (χ1v) is 16.2. The smallest absolute Gasteiger partial charge is 0.257 e. The summed E-state index contributed by atoms with van der Waals surface area (Å²) in [6, 6.07) is 5.69. The molecule has 0 saturated carbocycles. The molecule has 2 aliphatic rings. The number of hydrogen-bond acceptors (Lipinski definition) is 9. The molecule has 11 nitrogen and oxygen atoms in total. The Morgan fingerprint density at radius 3 is 2.38 bits per heavy atom. The molecule has 230 valence electrons. The van der Waals surface area contributed by atoms with Crippen LogP contribution in [-0.4, -0.2) is 72.0 Å². The topological polar surface area (TPSA) is 136 Å². The molecule has 1 atom stereocenters. The summed E-state index contributed by atoms with van der Waals surface area (Å²) in [5.41, 5.74) is 3.32. The Morgan fingerprint density at radius 1 is 1.10 bits per heavy atom. The van der Waals surface area contributed by atoms with Crippen molar-refractivity contribution in [1.29, 1.82) is 0 Å². The van der Waals surface area contributed by atoms with Crippen LogP contribution in [0.1, 0.15) is 61.9 Å². The largest absolute Gasteiger partial charge is 0.492 e. The van der Waals surface area contributed by atoms with Crippen molar-refractivity contribution in [2.24, 2.45) is 5.18 Å². The van der Waals surface area contributed by atoms with Gasteiger partial charge in [0, 0.05) is 19.6 Å². The first-order valence-electron chi connectivity index (χ1n) is 14.3. The van der Waals surface area contributed by atoms with Gasteiger partial charge in [-0.2, -0.15) is 0 Å². The standard InChI is InChI=1S/C30H42N4O7S/c1-30(2,3)20-18-24(28(39-4)25(19-20)33-42(5,37)38)31-29(35)27(32-36)23-10-11-26(22-9-7-6-8-21(22)23)41-17-14-34-12-15-40-16-13-34/h10-11,18-19,27,33H,6-9,12-17H2,1-5H3,(H,31,35). The highest BCUT2D eigenvalue weighted by molar-refractivity contribution is 7.92. The van der Waals surface area contributed by atoms with Gasteiger partial charge in [0.2, 0.25) is 10.0 Å². The molecule has 0 radical (unpaired) electrons. The third-order valence-electron chi connectivity index (χ3n) is 7.66. The monoisotopic (exact) mass is 602 g/mol. The number of amides is 1. The number of ether oxygens (including phenoxy) is 3. The highest BCUT2D eigenvalue weighted by Gasteiger charge is 2.30. The number of methoxy groups -OCH3 is 1. The lowest BCUT2D eigenvalue weighted by Gasteiger charge is -2.27. The van der Waals surface area contributed by atoms with Crippen molar-refractivity contribution in [3.8, 4) is 11.5 Å². The van der Waals surface area contributed by atoms with E-state index in [0.29, 0.717) is 12.2 Å². The number of sulfonamides is 1. The van der Waals surface area contributed by atoms with Crippen molar-refractivity contribution in [3.05, 3.63) is 51.4 Å².